The van der Waals surface area contributed by atoms with Gasteiger partial charge in [-0.2, -0.15) is 0 Å². The van der Waals surface area contributed by atoms with Crippen molar-refractivity contribution in [1.29, 1.82) is 0 Å². The van der Waals surface area contributed by atoms with E-state index < -0.39 is 7.58 Å². The maximum absolute atomic E-state index is 6.19. The Kier molecular flexibility index (Phi) is 6.75. The number of nitrogens with zero attached hydrogens (tertiary/aromatic N) is 1. The summed E-state index contributed by atoms with van der Waals surface area (Å²) in [6, 6.07) is 15.8. The second-order valence-corrected chi connectivity index (χ2v) is 9.02. The van der Waals surface area contributed by atoms with Gasteiger partial charge in [-0.3, -0.25) is 5.50 Å². The second-order valence-electron chi connectivity index (χ2n) is 6.97. The molecule has 2 nitrogen and oxygen atoms in total. The van der Waals surface area contributed by atoms with Crippen molar-refractivity contribution in [2.45, 2.75) is 52.4 Å². The van der Waals surface area contributed by atoms with E-state index in [0.717, 1.165) is 18.4 Å². The van der Waals surface area contributed by atoms with Gasteiger partial charge in [0.15, 0.2) is 7.58 Å². The Bertz CT molecular complexity index is 843. The monoisotopic (exact) mass is 386 g/mol. The van der Waals surface area contributed by atoms with Crippen LogP contribution in [0.1, 0.15) is 50.7 Å². The van der Waals surface area contributed by atoms with Gasteiger partial charge in [0, 0.05) is 6.20 Å². The summed E-state index contributed by atoms with van der Waals surface area (Å²) in [6.07, 6.45) is 9.21. The fourth-order valence-corrected chi connectivity index (χ4v) is 4.41. The molecule has 26 heavy (non-hydrogen) atoms. The van der Waals surface area contributed by atoms with Crippen LogP contribution in [0.5, 0.6) is 0 Å². The van der Waals surface area contributed by atoms with E-state index in [-0.39, 0.29) is 0 Å². The van der Waals surface area contributed by atoms with E-state index in [2.05, 4.69) is 56.3 Å². The molecule has 0 amide bonds. The van der Waals surface area contributed by atoms with E-state index in [0.29, 0.717) is 0 Å². The Morgan fingerprint density at radius 2 is 1.54 bits per heavy atom. The molecule has 0 radical (unpaired) electrons. The first-order valence-electron chi connectivity index (χ1n) is 9.57. The van der Waals surface area contributed by atoms with E-state index in [1.54, 1.807) is 0 Å². The van der Waals surface area contributed by atoms with Gasteiger partial charge < -0.3 is 4.34 Å². The summed E-state index contributed by atoms with van der Waals surface area (Å²) in [4.78, 5) is 0. The molecular formula is C22H28ClN2P. The van der Waals surface area contributed by atoms with Crippen LogP contribution < -0.4 is 5.50 Å². The number of aromatic nitrogens is 1. The molecule has 0 saturated carbocycles. The minimum Gasteiger partial charge on any atom is -0.301 e. The maximum atomic E-state index is 6.19. The second kappa shape index (κ2) is 9.04. The molecule has 3 aromatic rings. The van der Waals surface area contributed by atoms with Crippen LogP contribution in [0, 0.1) is 0 Å². The van der Waals surface area contributed by atoms with Crippen molar-refractivity contribution in [1.82, 2.24) is 4.34 Å². The number of halogens is 1. The molecule has 4 heteroatoms. The molecular weight excluding hydrogens is 359 g/mol. The molecule has 1 aromatic heterocycles. The SMILES string of the molecule is CCCCc1cc(CCCC)cc(-c2ccc3ccn(P(N)Cl)c3c2)c1. The molecule has 138 valence electrons. The van der Waals surface area contributed by atoms with Gasteiger partial charge in [-0.15, -0.1) is 0 Å². The van der Waals surface area contributed by atoms with Crippen molar-refractivity contribution in [3.05, 3.63) is 59.8 Å². The van der Waals surface area contributed by atoms with E-state index in [9.17, 15) is 0 Å². The van der Waals surface area contributed by atoms with Crippen molar-refractivity contribution in [3.8, 4) is 11.1 Å². The molecule has 0 fully saturated rings. The third kappa shape index (κ3) is 4.49. The quantitative estimate of drug-likeness (QED) is 0.405. The molecule has 0 aliphatic carbocycles. The number of rotatable bonds is 8. The molecule has 0 bridgehead atoms. The molecule has 0 spiro atoms. The molecule has 2 N–H and O–H groups in total. The molecule has 2 aromatic carbocycles. The van der Waals surface area contributed by atoms with Gasteiger partial charge in [-0.05, 0) is 65.5 Å². The number of hydrogen-bond donors (Lipinski definition) is 1. The third-order valence-corrected chi connectivity index (χ3v) is 6.15. The molecule has 1 unspecified atom stereocenters. The van der Waals surface area contributed by atoms with Gasteiger partial charge in [0.05, 0.1) is 5.52 Å². The molecule has 0 aliphatic rings. The van der Waals surface area contributed by atoms with Crippen LogP contribution >= 0.6 is 18.8 Å². The highest BCUT2D eigenvalue weighted by Gasteiger charge is 2.09. The van der Waals surface area contributed by atoms with Crippen LogP contribution in [0.2, 0.25) is 0 Å². The van der Waals surface area contributed by atoms with Crippen molar-refractivity contribution in [2.24, 2.45) is 5.50 Å². The summed E-state index contributed by atoms with van der Waals surface area (Å²) in [5.41, 5.74) is 12.5. The average molecular weight is 387 g/mol. The normalized spacial score (nSPS) is 12.6. The van der Waals surface area contributed by atoms with Crippen LogP contribution in [-0.2, 0) is 12.8 Å². The lowest BCUT2D eigenvalue weighted by Crippen LogP contribution is -1.94. The van der Waals surface area contributed by atoms with Gasteiger partial charge in [0.25, 0.3) is 0 Å². The zero-order valence-corrected chi connectivity index (χ0v) is 17.4. The fourth-order valence-electron chi connectivity index (χ4n) is 3.44. The highest BCUT2D eigenvalue weighted by molar-refractivity contribution is 7.80. The number of unbranched alkanes of at least 4 members (excludes halogenated alkanes) is 2. The minimum absolute atomic E-state index is 1.11. The Morgan fingerprint density at radius 3 is 2.12 bits per heavy atom. The first-order chi connectivity index (χ1) is 12.6. The highest BCUT2D eigenvalue weighted by Crippen LogP contribution is 2.39. The lowest BCUT2D eigenvalue weighted by Gasteiger charge is -2.12. The summed E-state index contributed by atoms with van der Waals surface area (Å²) in [5.74, 6) is 0. The first kappa shape index (κ1) is 19.4. The number of nitrogens with two attached hydrogens (primary N) is 1. The third-order valence-electron chi connectivity index (χ3n) is 4.90. The molecule has 0 aliphatic heterocycles. The average Bonchev–Trinajstić information content (AvgIpc) is 3.08. The smallest absolute Gasteiger partial charge is 0.167 e. The lowest BCUT2D eigenvalue weighted by atomic mass is 9.95. The Balaban J connectivity index is 2.03. The lowest BCUT2D eigenvalue weighted by molar-refractivity contribution is 0.781. The van der Waals surface area contributed by atoms with Crippen LogP contribution in [0.25, 0.3) is 22.0 Å². The van der Waals surface area contributed by atoms with Crippen LogP contribution in [0.15, 0.2) is 48.7 Å². The summed E-state index contributed by atoms with van der Waals surface area (Å²) >= 11 is 6.19. The van der Waals surface area contributed by atoms with Crippen LogP contribution in [0.4, 0.5) is 0 Å². The largest absolute Gasteiger partial charge is 0.301 e. The predicted molar refractivity (Wildman–Crippen MR) is 117 cm³/mol. The highest BCUT2D eigenvalue weighted by atomic mass is 35.7. The zero-order valence-electron chi connectivity index (χ0n) is 15.7. The van der Waals surface area contributed by atoms with Gasteiger partial charge >= 0.3 is 0 Å². The van der Waals surface area contributed by atoms with Gasteiger partial charge in [-0.1, -0.05) is 68.3 Å². The number of fused-ring (bicyclic) bond motifs is 1. The summed E-state index contributed by atoms with van der Waals surface area (Å²) in [7, 11) is -1.18. The molecule has 0 saturated heterocycles. The van der Waals surface area contributed by atoms with E-state index in [1.165, 1.54) is 53.3 Å². The van der Waals surface area contributed by atoms with E-state index in [1.807, 2.05) is 10.5 Å². The number of hydrogen-bond acceptors (Lipinski definition) is 1. The Hall–Kier alpha value is -1.34. The molecule has 1 heterocycles. The number of benzene rings is 2. The molecule has 1 atom stereocenters. The van der Waals surface area contributed by atoms with Crippen LogP contribution in [0.3, 0.4) is 0 Å². The van der Waals surface area contributed by atoms with Gasteiger partial charge in [-0.25, -0.2) is 0 Å². The maximum Gasteiger partial charge on any atom is 0.167 e. The van der Waals surface area contributed by atoms with Crippen molar-refractivity contribution >= 4 is 29.7 Å². The summed E-state index contributed by atoms with van der Waals surface area (Å²) in [5, 5.41) is 1.18. The van der Waals surface area contributed by atoms with Crippen molar-refractivity contribution in [3.63, 3.8) is 0 Å². The van der Waals surface area contributed by atoms with Crippen LogP contribution in [-0.4, -0.2) is 4.34 Å². The van der Waals surface area contributed by atoms with E-state index >= 15 is 0 Å². The topological polar surface area (TPSA) is 30.9 Å². The summed E-state index contributed by atoms with van der Waals surface area (Å²) < 4.78 is 1.98. The molecule has 3 rings (SSSR count). The Labute approximate surface area is 163 Å². The Morgan fingerprint density at radius 1 is 0.885 bits per heavy atom. The minimum atomic E-state index is -1.18. The zero-order chi connectivity index (χ0) is 18.5. The standard InChI is InChI=1S/C22H28ClN2P/c1-3-5-7-17-13-18(8-6-4-2)15-21(14-17)20-10-9-19-11-12-25(26(23)24)22(19)16-20/h9-16H,3-8,24H2,1-2H3. The number of aryl methyl sites for hydroxylation is 2. The predicted octanol–water partition coefficient (Wildman–Crippen LogP) is 7.27. The first-order valence-corrected chi connectivity index (χ1v) is 11.8. The van der Waals surface area contributed by atoms with Crippen molar-refractivity contribution in [2.75, 3.05) is 0 Å². The fraction of sp³-hybridized carbons (Fsp3) is 0.364. The van der Waals surface area contributed by atoms with Gasteiger partial charge in [0.2, 0.25) is 0 Å². The summed E-state index contributed by atoms with van der Waals surface area (Å²) in [6.45, 7) is 4.50. The van der Waals surface area contributed by atoms with Crippen molar-refractivity contribution < 1.29 is 0 Å². The van der Waals surface area contributed by atoms with Gasteiger partial charge in [0.1, 0.15) is 0 Å². The van der Waals surface area contributed by atoms with E-state index in [4.69, 9.17) is 16.7 Å².